The Labute approximate surface area is 80.3 Å². The minimum absolute atomic E-state index is 0.0386. The number of nitrogens with zero attached hydrogens (tertiary/aromatic N) is 2. The summed E-state index contributed by atoms with van der Waals surface area (Å²) < 4.78 is 0. The second kappa shape index (κ2) is 6.62. The Morgan fingerprint density at radius 2 is 2.15 bits per heavy atom. The lowest BCUT2D eigenvalue weighted by Gasteiger charge is -2.25. The smallest absolute Gasteiger partial charge is 0.149 e. The lowest BCUT2D eigenvalue weighted by Crippen LogP contribution is -2.39. The molecule has 1 atom stereocenters. The van der Waals surface area contributed by atoms with Gasteiger partial charge in [-0.05, 0) is 13.5 Å². The zero-order chi connectivity index (χ0) is 10.3. The maximum Gasteiger partial charge on any atom is 0.149 e. The molecule has 0 aromatic carbocycles. The number of Topliss-reactive ketones (excluding diaryl/α,β-unsaturated/α-hetero) is 1. The fraction of sp³-hybridized carbons (Fsp3) is 0.800. The van der Waals surface area contributed by atoms with E-state index < -0.39 is 0 Å². The molecule has 74 valence electrons. The van der Waals surface area contributed by atoms with Crippen molar-refractivity contribution in [3.8, 4) is 6.07 Å². The molecule has 0 radical (unpaired) electrons. The highest BCUT2D eigenvalue weighted by Gasteiger charge is 2.17. The maximum atomic E-state index is 11.4. The average Bonchev–Trinajstić information content (AvgIpc) is 2.17. The molecule has 0 aliphatic heterocycles. The first-order chi connectivity index (χ1) is 6.17. The van der Waals surface area contributed by atoms with Crippen LogP contribution in [-0.2, 0) is 4.79 Å². The predicted octanol–water partition coefficient (Wildman–Crippen LogP) is 1.59. The summed E-state index contributed by atoms with van der Waals surface area (Å²) in [5.41, 5.74) is 0. The normalized spacial score (nSPS) is 12.5. The summed E-state index contributed by atoms with van der Waals surface area (Å²) in [5, 5.41) is 8.43. The largest absolute Gasteiger partial charge is 0.298 e. The van der Waals surface area contributed by atoms with Gasteiger partial charge in [0.1, 0.15) is 5.78 Å². The number of rotatable bonds is 6. The third-order valence-corrected chi connectivity index (χ3v) is 2.28. The third kappa shape index (κ3) is 4.05. The van der Waals surface area contributed by atoms with Crippen molar-refractivity contribution in [2.75, 3.05) is 13.1 Å². The molecule has 0 bridgehead atoms. The molecule has 0 fully saturated rings. The van der Waals surface area contributed by atoms with Gasteiger partial charge in [-0.25, -0.2) is 0 Å². The molecule has 3 heteroatoms. The van der Waals surface area contributed by atoms with E-state index in [9.17, 15) is 4.79 Å². The lowest BCUT2D eigenvalue weighted by molar-refractivity contribution is -0.123. The monoisotopic (exact) mass is 182 g/mol. The van der Waals surface area contributed by atoms with E-state index in [4.69, 9.17) is 5.26 Å². The highest BCUT2D eigenvalue weighted by atomic mass is 16.1. The second-order valence-corrected chi connectivity index (χ2v) is 3.03. The zero-order valence-corrected chi connectivity index (χ0v) is 8.71. The van der Waals surface area contributed by atoms with Crippen molar-refractivity contribution in [2.45, 2.75) is 39.7 Å². The first kappa shape index (κ1) is 12.1. The van der Waals surface area contributed by atoms with Crippen LogP contribution in [0.4, 0.5) is 0 Å². The predicted molar refractivity (Wildman–Crippen MR) is 52.2 cm³/mol. The minimum Gasteiger partial charge on any atom is -0.298 e. The Morgan fingerprint density at radius 3 is 2.54 bits per heavy atom. The lowest BCUT2D eigenvalue weighted by atomic mass is 10.1. The van der Waals surface area contributed by atoms with Crippen LogP contribution in [0.5, 0.6) is 0 Å². The van der Waals surface area contributed by atoms with Crippen LogP contribution in [0.15, 0.2) is 0 Å². The Kier molecular flexibility index (Phi) is 6.17. The van der Waals surface area contributed by atoms with E-state index in [1.807, 2.05) is 25.7 Å². The van der Waals surface area contributed by atoms with Gasteiger partial charge in [-0.15, -0.1) is 0 Å². The fourth-order valence-electron chi connectivity index (χ4n) is 1.32. The highest BCUT2D eigenvalue weighted by molar-refractivity contribution is 5.83. The van der Waals surface area contributed by atoms with E-state index >= 15 is 0 Å². The molecule has 0 N–H and O–H groups in total. The fourth-order valence-corrected chi connectivity index (χ4v) is 1.32. The number of hydrogen-bond donors (Lipinski definition) is 0. The molecule has 0 aliphatic carbocycles. The van der Waals surface area contributed by atoms with Crippen molar-refractivity contribution in [1.29, 1.82) is 5.26 Å². The average molecular weight is 182 g/mol. The third-order valence-electron chi connectivity index (χ3n) is 2.28. The summed E-state index contributed by atoms with van der Waals surface area (Å²) in [5.74, 6) is 0.250. The summed E-state index contributed by atoms with van der Waals surface area (Å²) >= 11 is 0. The maximum absolute atomic E-state index is 11.4. The van der Waals surface area contributed by atoms with Crippen molar-refractivity contribution in [3.63, 3.8) is 0 Å². The number of likely N-dealkylation sites (N-methyl/N-ethyl adjacent to an activating group) is 1. The molecule has 0 heterocycles. The zero-order valence-electron chi connectivity index (χ0n) is 8.71. The summed E-state index contributed by atoms with van der Waals surface area (Å²) in [6.07, 6.45) is 1.07. The van der Waals surface area contributed by atoms with Crippen molar-refractivity contribution < 1.29 is 4.79 Å². The van der Waals surface area contributed by atoms with Crippen molar-refractivity contribution in [1.82, 2.24) is 4.90 Å². The summed E-state index contributed by atoms with van der Waals surface area (Å²) in [7, 11) is 0. The quantitative estimate of drug-likeness (QED) is 0.626. The second-order valence-electron chi connectivity index (χ2n) is 3.03. The molecule has 1 unspecified atom stereocenters. The van der Waals surface area contributed by atoms with Crippen LogP contribution in [0.3, 0.4) is 0 Å². The number of carbonyl (C=O) groups is 1. The molecule has 0 aromatic heterocycles. The van der Waals surface area contributed by atoms with Gasteiger partial charge in [-0.2, -0.15) is 5.26 Å². The van der Waals surface area contributed by atoms with Crippen molar-refractivity contribution in [3.05, 3.63) is 0 Å². The molecule has 3 nitrogen and oxygen atoms in total. The molecule has 0 rings (SSSR count). The first-order valence-corrected chi connectivity index (χ1v) is 4.81. The Bertz CT molecular complexity index is 196. The van der Waals surface area contributed by atoms with E-state index in [-0.39, 0.29) is 11.8 Å². The van der Waals surface area contributed by atoms with E-state index in [0.29, 0.717) is 19.4 Å². The first-order valence-electron chi connectivity index (χ1n) is 4.81. The Balaban J connectivity index is 4.07. The molecule has 0 saturated heterocycles. The Hall–Kier alpha value is -0.880. The highest BCUT2D eigenvalue weighted by Crippen LogP contribution is 2.03. The van der Waals surface area contributed by atoms with Crippen LogP contribution in [-0.4, -0.2) is 29.8 Å². The summed E-state index contributed by atoms with van der Waals surface area (Å²) in [6, 6.07) is 2.05. The van der Waals surface area contributed by atoms with E-state index in [1.165, 1.54) is 0 Å². The molecular weight excluding hydrogens is 164 g/mol. The number of ketones is 1. The van der Waals surface area contributed by atoms with Gasteiger partial charge in [0.05, 0.1) is 12.1 Å². The van der Waals surface area contributed by atoms with Gasteiger partial charge in [-0.3, -0.25) is 9.69 Å². The Morgan fingerprint density at radius 1 is 1.54 bits per heavy atom. The van der Waals surface area contributed by atoms with Gasteiger partial charge >= 0.3 is 0 Å². The number of carbonyl (C=O) groups excluding carboxylic acids is 1. The van der Waals surface area contributed by atoms with Crippen LogP contribution >= 0.6 is 0 Å². The molecule has 0 spiro atoms. The molecule has 0 amide bonds. The van der Waals surface area contributed by atoms with E-state index in [2.05, 4.69) is 6.07 Å². The molecule has 0 aromatic rings. The summed E-state index contributed by atoms with van der Waals surface area (Å²) in [6.45, 7) is 7.31. The van der Waals surface area contributed by atoms with Gasteiger partial charge in [0, 0.05) is 19.4 Å². The van der Waals surface area contributed by atoms with E-state index in [1.54, 1.807) is 0 Å². The molecule has 0 aliphatic rings. The van der Waals surface area contributed by atoms with Crippen molar-refractivity contribution >= 4 is 5.78 Å². The molecule has 0 saturated carbocycles. The van der Waals surface area contributed by atoms with Gasteiger partial charge in [0.2, 0.25) is 0 Å². The van der Waals surface area contributed by atoms with Crippen LogP contribution in [0.2, 0.25) is 0 Å². The molecular formula is C10H18N2O. The van der Waals surface area contributed by atoms with Crippen molar-refractivity contribution in [2.24, 2.45) is 0 Å². The number of hydrogen-bond acceptors (Lipinski definition) is 3. The van der Waals surface area contributed by atoms with Gasteiger partial charge < -0.3 is 0 Å². The molecule has 13 heavy (non-hydrogen) atoms. The minimum atomic E-state index is -0.0386. The van der Waals surface area contributed by atoms with Crippen LogP contribution in [0, 0.1) is 11.3 Å². The van der Waals surface area contributed by atoms with Gasteiger partial charge in [0.25, 0.3) is 0 Å². The SMILES string of the molecule is CCC(=O)C(C)N(CC)CCC#N. The topological polar surface area (TPSA) is 44.1 Å². The summed E-state index contributed by atoms with van der Waals surface area (Å²) in [4.78, 5) is 13.4. The van der Waals surface area contributed by atoms with E-state index in [0.717, 1.165) is 6.54 Å². The standard InChI is InChI=1S/C10H18N2O/c1-4-10(13)9(3)12(5-2)8-6-7-11/h9H,4-6,8H2,1-3H3. The van der Waals surface area contributed by atoms with Crippen LogP contribution < -0.4 is 0 Å². The number of nitriles is 1. The van der Waals surface area contributed by atoms with Crippen LogP contribution in [0.25, 0.3) is 0 Å². The van der Waals surface area contributed by atoms with Crippen LogP contribution in [0.1, 0.15) is 33.6 Å². The van der Waals surface area contributed by atoms with Gasteiger partial charge in [-0.1, -0.05) is 13.8 Å². The van der Waals surface area contributed by atoms with Gasteiger partial charge in [0.15, 0.2) is 0 Å².